The van der Waals surface area contributed by atoms with Crippen LogP contribution in [0.5, 0.6) is 0 Å². The summed E-state index contributed by atoms with van der Waals surface area (Å²) in [6.45, 7) is 2.45. The summed E-state index contributed by atoms with van der Waals surface area (Å²) in [5.41, 5.74) is 0.469. The summed E-state index contributed by atoms with van der Waals surface area (Å²) in [6.07, 6.45) is 4.59. The Morgan fingerprint density at radius 2 is 2.16 bits per heavy atom. The van der Waals surface area contributed by atoms with Crippen LogP contribution in [-0.4, -0.2) is 31.1 Å². The summed E-state index contributed by atoms with van der Waals surface area (Å²) in [6, 6.07) is 4.92. The highest BCUT2D eigenvalue weighted by Gasteiger charge is 2.23. The molecule has 1 fully saturated rings. The van der Waals surface area contributed by atoms with Crippen LogP contribution in [0.15, 0.2) is 18.2 Å². The molecule has 1 heterocycles. The molecule has 19 heavy (non-hydrogen) atoms. The van der Waals surface area contributed by atoms with Crippen molar-refractivity contribution in [3.63, 3.8) is 0 Å². The molecule has 1 saturated heterocycles. The molecule has 1 N–H and O–H groups in total. The van der Waals surface area contributed by atoms with Gasteiger partial charge in [-0.25, -0.2) is 8.78 Å². The van der Waals surface area contributed by atoms with Gasteiger partial charge in [0.2, 0.25) is 0 Å². The highest BCUT2D eigenvalue weighted by Crippen LogP contribution is 2.23. The second kappa shape index (κ2) is 6.96. The van der Waals surface area contributed by atoms with Crippen molar-refractivity contribution >= 4 is 0 Å². The third-order valence-corrected chi connectivity index (χ3v) is 3.88. The Balaban J connectivity index is 2.04. The van der Waals surface area contributed by atoms with E-state index in [1.807, 2.05) is 7.05 Å². The van der Waals surface area contributed by atoms with E-state index in [1.54, 1.807) is 12.1 Å². The van der Waals surface area contributed by atoms with Gasteiger partial charge in [0.1, 0.15) is 0 Å². The van der Waals surface area contributed by atoms with E-state index >= 15 is 0 Å². The van der Waals surface area contributed by atoms with Crippen molar-refractivity contribution in [3.8, 4) is 0 Å². The normalized spacial score (nSPS) is 20.7. The zero-order chi connectivity index (χ0) is 13.7. The summed E-state index contributed by atoms with van der Waals surface area (Å²) in [4.78, 5) is 2.29. The molecule has 1 atom stereocenters. The first-order valence-electron chi connectivity index (χ1n) is 7.04. The summed E-state index contributed by atoms with van der Waals surface area (Å²) >= 11 is 0. The van der Waals surface area contributed by atoms with Crippen LogP contribution < -0.4 is 5.32 Å². The number of hydrogen-bond acceptors (Lipinski definition) is 2. The zero-order valence-electron chi connectivity index (χ0n) is 11.5. The lowest BCUT2D eigenvalue weighted by Gasteiger charge is -2.36. The Labute approximate surface area is 113 Å². The molecule has 1 aliphatic rings. The van der Waals surface area contributed by atoms with Gasteiger partial charge in [0.05, 0.1) is 0 Å². The molecule has 106 valence electrons. The van der Waals surface area contributed by atoms with Crippen LogP contribution in [-0.2, 0) is 6.54 Å². The predicted molar refractivity (Wildman–Crippen MR) is 73.0 cm³/mol. The van der Waals surface area contributed by atoms with Gasteiger partial charge in [-0.2, -0.15) is 0 Å². The van der Waals surface area contributed by atoms with Gasteiger partial charge in [-0.3, -0.25) is 4.90 Å². The van der Waals surface area contributed by atoms with Crippen molar-refractivity contribution in [2.75, 3.05) is 20.1 Å². The maximum absolute atomic E-state index is 13.7. The Morgan fingerprint density at radius 3 is 2.95 bits per heavy atom. The molecule has 1 aromatic rings. The molecule has 0 bridgehead atoms. The highest BCUT2D eigenvalue weighted by atomic mass is 19.2. The fourth-order valence-corrected chi connectivity index (χ4v) is 2.80. The minimum Gasteiger partial charge on any atom is -0.320 e. The fraction of sp³-hybridized carbons (Fsp3) is 0.600. The maximum atomic E-state index is 13.7. The van der Waals surface area contributed by atoms with Crippen LogP contribution in [0.4, 0.5) is 8.78 Å². The van der Waals surface area contributed by atoms with Crippen molar-refractivity contribution in [2.24, 2.45) is 0 Å². The van der Waals surface area contributed by atoms with Crippen LogP contribution in [0.2, 0.25) is 0 Å². The van der Waals surface area contributed by atoms with Gasteiger partial charge in [-0.1, -0.05) is 18.6 Å². The molecule has 0 aromatic heterocycles. The van der Waals surface area contributed by atoms with Gasteiger partial charge in [0.25, 0.3) is 0 Å². The van der Waals surface area contributed by atoms with Crippen molar-refractivity contribution in [3.05, 3.63) is 35.4 Å². The lowest BCUT2D eigenvalue weighted by Crippen LogP contribution is -2.40. The van der Waals surface area contributed by atoms with Gasteiger partial charge in [-0.05, 0) is 45.5 Å². The Hall–Kier alpha value is -1.00. The monoisotopic (exact) mass is 268 g/mol. The average Bonchev–Trinajstić information content (AvgIpc) is 2.43. The van der Waals surface area contributed by atoms with Crippen molar-refractivity contribution < 1.29 is 8.78 Å². The third-order valence-electron chi connectivity index (χ3n) is 3.88. The molecule has 0 radical (unpaired) electrons. The lowest BCUT2D eigenvalue weighted by molar-refractivity contribution is 0.130. The van der Waals surface area contributed by atoms with Crippen molar-refractivity contribution in [1.29, 1.82) is 0 Å². The summed E-state index contributed by atoms with van der Waals surface area (Å²) in [5.74, 6) is -1.44. The standard InChI is InChI=1S/C15H22F2N2/c1-18-9-8-13-6-2-3-10-19(13)11-12-5-4-7-14(16)15(12)17/h4-5,7,13,18H,2-3,6,8-11H2,1H3. The zero-order valence-corrected chi connectivity index (χ0v) is 11.5. The minimum absolute atomic E-state index is 0.469. The van der Waals surface area contributed by atoms with Crippen molar-refractivity contribution in [1.82, 2.24) is 10.2 Å². The van der Waals surface area contributed by atoms with E-state index in [0.29, 0.717) is 18.2 Å². The molecule has 2 rings (SSSR count). The first-order valence-corrected chi connectivity index (χ1v) is 7.04. The smallest absolute Gasteiger partial charge is 0.163 e. The molecule has 0 amide bonds. The number of nitrogens with one attached hydrogen (secondary N) is 1. The topological polar surface area (TPSA) is 15.3 Å². The maximum Gasteiger partial charge on any atom is 0.163 e. The molecular formula is C15H22F2N2. The molecule has 2 nitrogen and oxygen atoms in total. The number of likely N-dealkylation sites (tertiary alicyclic amines) is 1. The Kier molecular flexibility index (Phi) is 5.28. The number of rotatable bonds is 5. The van der Waals surface area contributed by atoms with E-state index in [2.05, 4.69) is 10.2 Å². The van der Waals surface area contributed by atoms with Crippen molar-refractivity contribution in [2.45, 2.75) is 38.3 Å². The van der Waals surface area contributed by atoms with Crippen LogP contribution in [0.1, 0.15) is 31.2 Å². The first-order chi connectivity index (χ1) is 9.22. The number of halogens is 2. The molecule has 1 aromatic carbocycles. The van der Waals surface area contributed by atoms with Crippen LogP contribution in [0.3, 0.4) is 0 Å². The third kappa shape index (κ3) is 3.74. The number of piperidine rings is 1. The summed E-state index contributed by atoms with van der Waals surface area (Å²) < 4.78 is 27.0. The van der Waals surface area contributed by atoms with Crippen LogP contribution in [0, 0.1) is 11.6 Å². The van der Waals surface area contributed by atoms with Gasteiger partial charge in [0.15, 0.2) is 11.6 Å². The molecule has 0 spiro atoms. The second-order valence-corrected chi connectivity index (χ2v) is 5.23. The minimum atomic E-state index is -0.749. The quantitative estimate of drug-likeness (QED) is 0.883. The molecule has 1 aliphatic heterocycles. The largest absolute Gasteiger partial charge is 0.320 e. The second-order valence-electron chi connectivity index (χ2n) is 5.23. The molecule has 4 heteroatoms. The van der Waals surface area contributed by atoms with E-state index in [9.17, 15) is 8.78 Å². The summed E-state index contributed by atoms with van der Waals surface area (Å²) in [7, 11) is 1.94. The van der Waals surface area contributed by atoms with Gasteiger partial charge in [0, 0.05) is 18.2 Å². The highest BCUT2D eigenvalue weighted by molar-refractivity contribution is 5.19. The van der Waals surface area contributed by atoms with E-state index < -0.39 is 11.6 Å². The van der Waals surface area contributed by atoms with Crippen LogP contribution in [0.25, 0.3) is 0 Å². The fourth-order valence-electron chi connectivity index (χ4n) is 2.80. The average molecular weight is 268 g/mol. The van der Waals surface area contributed by atoms with E-state index in [0.717, 1.165) is 32.4 Å². The lowest BCUT2D eigenvalue weighted by atomic mass is 9.98. The SMILES string of the molecule is CNCCC1CCCCN1Cc1cccc(F)c1F. The molecular weight excluding hydrogens is 246 g/mol. The van der Waals surface area contributed by atoms with Gasteiger partial charge >= 0.3 is 0 Å². The van der Waals surface area contributed by atoms with E-state index in [-0.39, 0.29) is 0 Å². The Morgan fingerprint density at radius 1 is 1.32 bits per heavy atom. The summed E-state index contributed by atoms with van der Waals surface area (Å²) in [5, 5.41) is 3.16. The van der Waals surface area contributed by atoms with Crippen LogP contribution >= 0.6 is 0 Å². The van der Waals surface area contributed by atoms with E-state index in [4.69, 9.17) is 0 Å². The number of benzene rings is 1. The van der Waals surface area contributed by atoms with Gasteiger partial charge in [-0.15, -0.1) is 0 Å². The van der Waals surface area contributed by atoms with Gasteiger partial charge < -0.3 is 5.32 Å². The first kappa shape index (κ1) is 14.4. The van der Waals surface area contributed by atoms with E-state index in [1.165, 1.54) is 12.5 Å². The predicted octanol–water partition coefficient (Wildman–Crippen LogP) is 2.93. The molecule has 0 saturated carbocycles. The molecule has 0 aliphatic carbocycles. The Bertz CT molecular complexity index is 409. The molecule has 1 unspecified atom stereocenters. The number of nitrogens with zero attached hydrogens (tertiary/aromatic N) is 1. The number of hydrogen-bond donors (Lipinski definition) is 1.